The smallest absolute Gasteiger partial charge is 0.420 e. The van der Waals surface area contributed by atoms with Crippen molar-refractivity contribution in [3.05, 3.63) is 77.9 Å². The lowest BCUT2D eigenvalue weighted by molar-refractivity contribution is -0.138. The minimum absolute atomic E-state index is 0.0680. The number of thioether (sulfide) groups is 1. The number of nitrogens with zero attached hydrogens (tertiary/aromatic N) is 2. The van der Waals surface area contributed by atoms with Gasteiger partial charge in [0, 0.05) is 18.9 Å². The zero-order chi connectivity index (χ0) is 27.2. The van der Waals surface area contributed by atoms with Crippen molar-refractivity contribution in [3.8, 4) is 17.2 Å². The van der Waals surface area contributed by atoms with Crippen LogP contribution in [0.1, 0.15) is 34.3 Å². The van der Waals surface area contributed by atoms with Crippen molar-refractivity contribution >= 4 is 23.6 Å². The molecule has 2 N–H and O–H groups in total. The van der Waals surface area contributed by atoms with E-state index in [4.69, 9.17) is 9.47 Å². The van der Waals surface area contributed by atoms with Gasteiger partial charge in [-0.1, -0.05) is 12.1 Å². The maximum atomic E-state index is 13.5. The lowest BCUT2D eigenvalue weighted by Crippen LogP contribution is -2.60. The quantitative estimate of drug-likeness (QED) is 0.426. The van der Waals surface area contributed by atoms with Crippen LogP contribution in [0.15, 0.2) is 61.2 Å². The predicted molar refractivity (Wildman–Crippen MR) is 135 cm³/mol. The maximum absolute atomic E-state index is 13.5. The number of carbonyl (C=O) groups excluding carboxylic acids is 2. The molecule has 0 radical (unpaired) electrons. The Kier molecular flexibility index (Phi) is 8.40. The van der Waals surface area contributed by atoms with E-state index in [-0.39, 0.29) is 35.3 Å². The molecule has 0 spiro atoms. The van der Waals surface area contributed by atoms with E-state index in [1.54, 1.807) is 23.9 Å². The summed E-state index contributed by atoms with van der Waals surface area (Å²) >= 11 is 1.71. The first-order chi connectivity index (χ1) is 18.2. The average Bonchev–Trinajstić information content (AvgIpc) is 2.93. The van der Waals surface area contributed by atoms with Gasteiger partial charge in [-0.15, -0.1) is 0 Å². The Labute approximate surface area is 221 Å². The van der Waals surface area contributed by atoms with E-state index in [9.17, 15) is 22.8 Å². The monoisotopic (exact) mass is 546 g/mol. The molecular formula is C26H25F3N4O4S. The van der Waals surface area contributed by atoms with Crippen LogP contribution in [0.5, 0.6) is 17.2 Å². The first-order valence-corrected chi connectivity index (χ1v) is 12.8. The van der Waals surface area contributed by atoms with Gasteiger partial charge in [0.1, 0.15) is 34.7 Å². The fourth-order valence-corrected chi connectivity index (χ4v) is 5.12. The average molecular weight is 547 g/mol. The lowest BCUT2D eigenvalue weighted by Gasteiger charge is -2.36. The molecule has 2 amide bonds. The van der Waals surface area contributed by atoms with Gasteiger partial charge in [-0.25, -0.2) is 9.97 Å². The topological polar surface area (TPSA) is 102 Å². The third-order valence-corrected chi connectivity index (χ3v) is 7.04. The van der Waals surface area contributed by atoms with E-state index >= 15 is 0 Å². The molecule has 0 atom stereocenters. The van der Waals surface area contributed by atoms with Crippen LogP contribution < -0.4 is 20.1 Å². The zero-order valence-electron chi connectivity index (χ0n) is 20.4. The van der Waals surface area contributed by atoms with Crippen molar-refractivity contribution in [2.45, 2.75) is 31.1 Å². The Bertz CT molecular complexity index is 1270. The summed E-state index contributed by atoms with van der Waals surface area (Å²) in [6.07, 6.45) is 0.416. The molecule has 8 nitrogen and oxygen atoms in total. The molecule has 2 aromatic carbocycles. The summed E-state index contributed by atoms with van der Waals surface area (Å²) in [4.78, 5) is 33.7. The van der Waals surface area contributed by atoms with Crippen molar-refractivity contribution in [1.82, 2.24) is 20.6 Å². The number of hydrogen-bond acceptors (Lipinski definition) is 7. The summed E-state index contributed by atoms with van der Waals surface area (Å²) in [7, 11) is 1.29. The molecule has 1 saturated heterocycles. The second-order valence-corrected chi connectivity index (χ2v) is 9.79. The van der Waals surface area contributed by atoms with Gasteiger partial charge in [-0.05, 0) is 60.2 Å². The highest BCUT2D eigenvalue weighted by Crippen LogP contribution is 2.40. The molecule has 3 aromatic rings. The van der Waals surface area contributed by atoms with Crippen LogP contribution in [-0.2, 0) is 17.5 Å². The molecule has 0 unspecified atom stereocenters. The summed E-state index contributed by atoms with van der Waals surface area (Å²) in [5, 5.41) is 5.76. The fourth-order valence-electron chi connectivity index (χ4n) is 3.93. The number of benzene rings is 2. The van der Waals surface area contributed by atoms with Gasteiger partial charge in [-0.3, -0.25) is 9.59 Å². The van der Waals surface area contributed by atoms with Crippen LogP contribution in [0.25, 0.3) is 0 Å². The van der Waals surface area contributed by atoms with Crippen LogP contribution in [0, 0.1) is 0 Å². The molecule has 4 rings (SSSR count). The number of methoxy groups -OCH3 is 1. The van der Waals surface area contributed by atoms with Crippen LogP contribution in [0.3, 0.4) is 0 Å². The van der Waals surface area contributed by atoms with Crippen LogP contribution in [-0.4, -0.2) is 45.9 Å². The summed E-state index contributed by atoms with van der Waals surface area (Å²) < 4.78 is 50.8. The molecule has 0 bridgehead atoms. The van der Waals surface area contributed by atoms with E-state index in [2.05, 4.69) is 20.6 Å². The van der Waals surface area contributed by atoms with Gasteiger partial charge in [0.25, 0.3) is 5.91 Å². The Morgan fingerprint density at radius 1 is 1.03 bits per heavy atom. The Morgan fingerprint density at radius 3 is 2.32 bits per heavy atom. The predicted octanol–water partition coefficient (Wildman–Crippen LogP) is 4.61. The highest BCUT2D eigenvalue weighted by molar-refractivity contribution is 7.99. The number of carbonyl (C=O) groups is 2. The summed E-state index contributed by atoms with van der Waals surface area (Å²) in [6.45, 7) is 0.161. The van der Waals surface area contributed by atoms with Crippen molar-refractivity contribution < 1.29 is 32.2 Å². The van der Waals surface area contributed by atoms with Crippen LogP contribution in [0.2, 0.25) is 0 Å². The van der Waals surface area contributed by atoms with Gasteiger partial charge in [0.2, 0.25) is 5.91 Å². The number of rotatable bonds is 8. The molecule has 1 aliphatic rings. The Morgan fingerprint density at radius 2 is 1.68 bits per heavy atom. The van der Waals surface area contributed by atoms with Crippen molar-refractivity contribution in [2.24, 2.45) is 0 Å². The second-order valence-electron chi connectivity index (χ2n) is 8.56. The van der Waals surface area contributed by atoms with Gasteiger partial charge < -0.3 is 20.1 Å². The number of hydrogen-bond donors (Lipinski definition) is 2. The third kappa shape index (κ3) is 6.55. The van der Waals surface area contributed by atoms with Crippen molar-refractivity contribution in [2.75, 3.05) is 18.6 Å². The fraction of sp³-hybridized carbons (Fsp3) is 0.308. The molecule has 0 aliphatic carbocycles. The molecule has 0 saturated carbocycles. The third-order valence-electron chi connectivity index (χ3n) is 6.05. The first kappa shape index (κ1) is 27.2. The minimum Gasteiger partial charge on any atom is -0.497 e. The first-order valence-electron chi connectivity index (χ1n) is 11.7. The number of halogens is 3. The number of aromatic nitrogens is 2. The molecule has 12 heteroatoms. The molecule has 1 aliphatic heterocycles. The van der Waals surface area contributed by atoms with Gasteiger partial charge in [-0.2, -0.15) is 24.9 Å². The van der Waals surface area contributed by atoms with Crippen LogP contribution >= 0.6 is 11.8 Å². The number of amides is 2. The van der Waals surface area contributed by atoms with Gasteiger partial charge in [0.05, 0.1) is 12.7 Å². The van der Waals surface area contributed by atoms with Crippen LogP contribution in [0.4, 0.5) is 13.2 Å². The minimum atomic E-state index is -4.62. The molecule has 200 valence electrons. The van der Waals surface area contributed by atoms with E-state index < -0.39 is 23.2 Å². The normalized spacial score (nSPS) is 14.8. The SMILES string of the molecule is COc1ccc(Oc2ccc(CNC(=O)C3(NC(=O)c4cncnc4)CCSCC3)cc2)c(C(F)(F)F)c1. The largest absolute Gasteiger partial charge is 0.497 e. The van der Waals surface area contributed by atoms with E-state index in [0.29, 0.717) is 18.4 Å². The molecule has 38 heavy (non-hydrogen) atoms. The van der Waals surface area contributed by atoms with E-state index in [0.717, 1.165) is 17.6 Å². The zero-order valence-corrected chi connectivity index (χ0v) is 21.2. The standard InChI is InChI=1S/C26H25F3N4O4S/c1-36-20-6-7-22(21(12-20)26(27,28)29)37-19-4-2-17(3-5-19)13-32-24(35)25(8-10-38-11-9-25)33-23(34)18-14-30-16-31-15-18/h2-7,12,14-16H,8-11,13H2,1H3,(H,32,35)(H,33,34). The summed E-state index contributed by atoms with van der Waals surface area (Å²) in [5.74, 6) is 0.623. The Hall–Kier alpha value is -3.80. The highest BCUT2D eigenvalue weighted by atomic mass is 32.2. The summed E-state index contributed by atoms with van der Waals surface area (Å²) in [6, 6.07) is 9.81. The number of alkyl halides is 3. The highest BCUT2D eigenvalue weighted by Gasteiger charge is 2.41. The number of ether oxygens (including phenoxy) is 2. The van der Waals surface area contributed by atoms with Gasteiger partial charge >= 0.3 is 6.18 Å². The van der Waals surface area contributed by atoms with Gasteiger partial charge in [0.15, 0.2) is 0 Å². The molecule has 1 fully saturated rings. The van der Waals surface area contributed by atoms with Crippen molar-refractivity contribution in [1.29, 1.82) is 0 Å². The van der Waals surface area contributed by atoms with E-state index in [1.165, 1.54) is 50.1 Å². The summed E-state index contributed by atoms with van der Waals surface area (Å²) in [5.41, 5.74) is -1.05. The molecule has 2 heterocycles. The molecular weight excluding hydrogens is 521 g/mol. The van der Waals surface area contributed by atoms with E-state index in [1.807, 2.05) is 0 Å². The second kappa shape index (κ2) is 11.7. The lowest BCUT2D eigenvalue weighted by atomic mass is 9.90. The Balaban J connectivity index is 1.41. The molecule has 1 aromatic heterocycles. The van der Waals surface area contributed by atoms with Crippen molar-refractivity contribution in [3.63, 3.8) is 0 Å². The number of nitrogens with one attached hydrogen (secondary N) is 2. The maximum Gasteiger partial charge on any atom is 0.420 e.